The smallest absolute Gasteiger partial charge is 0.224 e. The Morgan fingerprint density at radius 2 is 1.96 bits per heavy atom. The van der Waals surface area contributed by atoms with Crippen LogP contribution in [0.4, 0.5) is 13.2 Å². The van der Waals surface area contributed by atoms with E-state index in [4.69, 9.17) is 5.73 Å². The van der Waals surface area contributed by atoms with Gasteiger partial charge in [-0.3, -0.25) is 4.79 Å². The number of aromatic nitrogens is 1. The molecule has 25 heavy (non-hydrogen) atoms. The number of hydrogen-bond acceptors (Lipinski definition) is 2. The summed E-state index contributed by atoms with van der Waals surface area (Å²) in [4.78, 5) is 14.2. The highest BCUT2D eigenvalue weighted by atomic mass is 19.2. The Hall–Kier alpha value is -2.28. The van der Waals surface area contributed by atoms with Crippen molar-refractivity contribution >= 4 is 5.91 Å². The molecule has 0 spiro atoms. The molecule has 1 amide bonds. The summed E-state index contributed by atoms with van der Waals surface area (Å²) in [5.41, 5.74) is 8.24. The highest BCUT2D eigenvalue weighted by molar-refractivity contribution is 5.77. The molecule has 0 aliphatic carbocycles. The molecule has 0 saturated heterocycles. The van der Waals surface area contributed by atoms with E-state index in [1.54, 1.807) is 4.90 Å². The first kappa shape index (κ1) is 17.5. The fraction of sp³-hybridized carbons (Fsp3) is 0.389. The fourth-order valence-corrected chi connectivity index (χ4v) is 3.26. The van der Waals surface area contributed by atoms with Crippen LogP contribution in [-0.2, 0) is 31.2 Å². The summed E-state index contributed by atoms with van der Waals surface area (Å²) in [7, 11) is 1.97. The van der Waals surface area contributed by atoms with Gasteiger partial charge in [-0.2, -0.15) is 0 Å². The Bertz CT molecular complexity index is 803. The lowest BCUT2D eigenvalue weighted by Crippen LogP contribution is -2.39. The minimum atomic E-state index is -1.24. The second-order valence-electron chi connectivity index (χ2n) is 6.49. The Labute approximate surface area is 144 Å². The van der Waals surface area contributed by atoms with Gasteiger partial charge in [0.25, 0.3) is 0 Å². The summed E-state index contributed by atoms with van der Waals surface area (Å²) in [5, 5.41) is 0. The molecule has 1 aliphatic rings. The summed E-state index contributed by atoms with van der Waals surface area (Å²) in [6.45, 7) is 1.14. The van der Waals surface area contributed by atoms with Crippen molar-refractivity contribution in [2.45, 2.75) is 31.8 Å². The predicted octanol–water partition coefficient (Wildman–Crippen LogP) is 2.29. The van der Waals surface area contributed by atoms with E-state index in [-0.39, 0.29) is 24.3 Å². The molecule has 2 aromatic rings. The lowest BCUT2D eigenvalue weighted by atomic mass is 10.0. The number of nitrogens with zero attached hydrogens (tertiary/aromatic N) is 2. The van der Waals surface area contributed by atoms with Crippen molar-refractivity contribution in [3.05, 3.63) is 58.7 Å². The molecule has 1 aromatic carbocycles. The maximum Gasteiger partial charge on any atom is 0.224 e. The highest BCUT2D eigenvalue weighted by Crippen LogP contribution is 2.21. The summed E-state index contributed by atoms with van der Waals surface area (Å²) in [6.07, 6.45) is 2.74. The second kappa shape index (κ2) is 6.92. The number of nitrogens with two attached hydrogens (primary N) is 1. The summed E-state index contributed by atoms with van der Waals surface area (Å²) < 4.78 is 42.0. The van der Waals surface area contributed by atoms with Crippen LogP contribution in [0.15, 0.2) is 24.4 Å². The number of halogens is 3. The van der Waals surface area contributed by atoms with Crippen molar-refractivity contribution in [3.8, 4) is 0 Å². The van der Waals surface area contributed by atoms with Gasteiger partial charge in [-0.05, 0) is 29.7 Å². The molecule has 1 aliphatic heterocycles. The fourth-order valence-electron chi connectivity index (χ4n) is 3.26. The molecule has 2 heterocycles. The minimum Gasteiger partial charge on any atom is -0.354 e. The van der Waals surface area contributed by atoms with Crippen LogP contribution >= 0.6 is 0 Å². The Balaban J connectivity index is 1.61. The summed E-state index contributed by atoms with van der Waals surface area (Å²) in [5.74, 6) is -3.33. The Morgan fingerprint density at radius 3 is 2.72 bits per heavy atom. The molecule has 0 bridgehead atoms. The zero-order chi connectivity index (χ0) is 18.1. The lowest BCUT2D eigenvalue weighted by molar-refractivity contribution is -0.132. The predicted molar refractivity (Wildman–Crippen MR) is 87.1 cm³/mol. The maximum absolute atomic E-state index is 13.7. The van der Waals surface area contributed by atoms with Gasteiger partial charge in [0, 0.05) is 57.0 Å². The number of carbonyl (C=O) groups is 1. The average Bonchev–Trinajstić information content (AvgIpc) is 2.93. The standard InChI is InChI=1S/C18H20F3N3O/c1-23-4-2-11-10-24(5-3-17(11)23)18(25)8-13(22)6-12-7-15(20)16(21)9-14(12)19/h2,4,7,9,13H,3,5-6,8,10,22H2,1H3/t13-/m1/s1. The van der Waals surface area contributed by atoms with Crippen molar-refractivity contribution in [3.63, 3.8) is 0 Å². The zero-order valence-corrected chi connectivity index (χ0v) is 13.9. The number of amides is 1. The first-order valence-electron chi connectivity index (χ1n) is 8.15. The molecule has 1 atom stereocenters. The van der Waals surface area contributed by atoms with Crippen molar-refractivity contribution < 1.29 is 18.0 Å². The topological polar surface area (TPSA) is 51.3 Å². The van der Waals surface area contributed by atoms with Gasteiger partial charge in [-0.15, -0.1) is 0 Å². The lowest BCUT2D eigenvalue weighted by Gasteiger charge is -2.28. The van der Waals surface area contributed by atoms with Gasteiger partial charge in [-0.25, -0.2) is 13.2 Å². The van der Waals surface area contributed by atoms with Crippen LogP contribution < -0.4 is 5.73 Å². The number of carbonyl (C=O) groups excluding carboxylic acids is 1. The number of aryl methyl sites for hydroxylation is 1. The van der Waals surface area contributed by atoms with E-state index >= 15 is 0 Å². The number of fused-ring (bicyclic) bond motifs is 1. The van der Waals surface area contributed by atoms with E-state index in [1.807, 2.05) is 19.3 Å². The normalized spacial score (nSPS) is 15.2. The molecule has 3 rings (SSSR count). The number of rotatable bonds is 4. The van der Waals surface area contributed by atoms with Gasteiger partial charge in [-0.1, -0.05) is 0 Å². The van der Waals surface area contributed by atoms with E-state index in [0.717, 1.165) is 18.1 Å². The van der Waals surface area contributed by atoms with E-state index in [1.165, 1.54) is 5.69 Å². The molecule has 4 nitrogen and oxygen atoms in total. The van der Waals surface area contributed by atoms with Crippen molar-refractivity contribution in [2.75, 3.05) is 6.54 Å². The zero-order valence-electron chi connectivity index (χ0n) is 13.9. The first-order chi connectivity index (χ1) is 11.8. The Morgan fingerprint density at radius 1 is 1.24 bits per heavy atom. The molecule has 0 radical (unpaired) electrons. The third kappa shape index (κ3) is 3.71. The maximum atomic E-state index is 13.7. The number of hydrogen-bond donors (Lipinski definition) is 1. The summed E-state index contributed by atoms with van der Waals surface area (Å²) in [6, 6.07) is 2.63. The third-order valence-electron chi connectivity index (χ3n) is 4.64. The third-order valence-corrected chi connectivity index (χ3v) is 4.64. The molecular formula is C18H20F3N3O. The van der Waals surface area contributed by atoms with Crippen molar-refractivity contribution in [1.29, 1.82) is 0 Å². The molecule has 0 unspecified atom stereocenters. The van der Waals surface area contributed by atoms with E-state index in [0.29, 0.717) is 19.2 Å². The van der Waals surface area contributed by atoms with Crippen molar-refractivity contribution in [1.82, 2.24) is 9.47 Å². The van der Waals surface area contributed by atoms with Crippen LogP contribution in [0, 0.1) is 17.5 Å². The van der Waals surface area contributed by atoms with Gasteiger partial charge in [0.15, 0.2) is 11.6 Å². The SMILES string of the molecule is Cn1ccc2c1CCN(C(=O)C[C@H](N)Cc1cc(F)c(F)cc1F)C2. The largest absolute Gasteiger partial charge is 0.354 e. The Kier molecular flexibility index (Phi) is 4.85. The van der Waals surface area contributed by atoms with Gasteiger partial charge in [0.2, 0.25) is 5.91 Å². The number of benzene rings is 1. The van der Waals surface area contributed by atoms with Crippen LogP contribution in [-0.4, -0.2) is 28.0 Å². The molecule has 0 fully saturated rings. The van der Waals surface area contributed by atoms with E-state index < -0.39 is 23.5 Å². The second-order valence-corrected chi connectivity index (χ2v) is 6.49. The van der Waals surface area contributed by atoms with Crippen LogP contribution in [0.5, 0.6) is 0 Å². The van der Waals surface area contributed by atoms with Gasteiger partial charge >= 0.3 is 0 Å². The highest BCUT2D eigenvalue weighted by Gasteiger charge is 2.24. The van der Waals surface area contributed by atoms with Gasteiger partial charge in [0.1, 0.15) is 5.82 Å². The molecule has 134 valence electrons. The van der Waals surface area contributed by atoms with E-state index in [2.05, 4.69) is 4.57 Å². The summed E-state index contributed by atoms with van der Waals surface area (Å²) >= 11 is 0. The van der Waals surface area contributed by atoms with Gasteiger partial charge in [0.05, 0.1) is 0 Å². The average molecular weight is 351 g/mol. The van der Waals surface area contributed by atoms with E-state index in [9.17, 15) is 18.0 Å². The molecule has 2 N–H and O–H groups in total. The first-order valence-corrected chi connectivity index (χ1v) is 8.15. The van der Waals surface area contributed by atoms with Crippen LogP contribution in [0.2, 0.25) is 0 Å². The van der Waals surface area contributed by atoms with Crippen molar-refractivity contribution in [2.24, 2.45) is 12.8 Å². The molecule has 0 saturated carbocycles. The van der Waals surface area contributed by atoms with Gasteiger partial charge < -0.3 is 15.2 Å². The molecular weight excluding hydrogens is 331 g/mol. The van der Waals surface area contributed by atoms with Crippen LogP contribution in [0.1, 0.15) is 23.2 Å². The molecule has 7 heteroatoms. The minimum absolute atomic E-state index is 0.0248. The molecule has 1 aromatic heterocycles. The quantitative estimate of drug-likeness (QED) is 0.860. The van der Waals surface area contributed by atoms with Crippen LogP contribution in [0.25, 0.3) is 0 Å². The monoisotopic (exact) mass is 351 g/mol. The van der Waals surface area contributed by atoms with Crippen LogP contribution in [0.3, 0.4) is 0 Å².